The summed E-state index contributed by atoms with van der Waals surface area (Å²) in [6.07, 6.45) is 2.15. The third-order valence-corrected chi connectivity index (χ3v) is 4.10. The van der Waals surface area contributed by atoms with Gasteiger partial charge in [-0.1, -0.05) is 6.07 Å². The number of H-pyrrole nitrogens is 2. The fraction of sp³-hybridized carbons (Fsp3) is 0.500. The summed E-state index contributed by atoms with van der Waals surface area (Å²) in [6, 6.07) is 6.85. The molecular weight excluding hydrogens is 240 g/mol. The van der Waals surface area contributed by atoms with E-state index in [1.165, 1.54) is 5.56 Å². The van der Waals surface area contributed by atoms with Crippen molar-refractivity contribution >= 4 is 11.0 Å². The molecule has 1 unspecified atom stereocenters. The Bertz CT molecular complexity index is 636. The molecule has 1 saturated carbocycles. The quantitative estimate of drug-likeness (QED) is 0.776. The van der Waals surface area contributed by atoms with Crippen molar-refractivity contribution < 1.29 is 0 Å². The van der Waals surface area contributed by atoms with Crippen LogP contribution in [0.2, 0.25) is 0 Å². The third kappa shape index (κ3) is 2.19. The van der Waals surface area contributed by atoms with Crippen molar-refractivity contribution in [2.75, 3.05) is 14.1 Å². The summed E-state index contributed by atoms with van der Waals surface area (Å²) in [5.74, 6) is 0.605. The molecule has 0 spiro atoms. The van der Waals surface area contributed by atoms with Gasteiger partial charge in [0.05, 0.1) is 11.0 Å². The Morgan fingerprint density at radius 2 is 1.95 bits per heavy atom. The molecule has 0 saturated heterocycles. The molecular formula is C14H20N4O. The van der Waals surface area contributed by atoms with Crippen LogP contribution in [0.1, 0.15) is 24.4 Å². The monoisotopic (exact) mass is 260 g/mol. The van der Waals surface area contributed by atoms with Gasteiger partial charge in [0.25, 0.3) is 0 Å². The van der Waals surface area contributed by atoms with E-state index in [-0.39, 0.29) is 5.69 Å². The van der Waals surface area contributed by atoms with E-state index in [0.717, 1.165) is 23.9 Å². The van der Waals surface area contributed by atoms with Crippen LogP contribution in [0, 0.1) is 5.92 Å². The number of aromatic amines is 2. The second-order valence-electron chi connectivity index (χ2n) is 5.78. The molecule has 1 aliphatic rings. The Morgan fingerprint density at radius 3 is 2.58 bits per heavy atom. The van der Waals surface area contributed by atoms with Crippen LogP contribution in [0.25, 0.3) is 11.0 Å². The van der Waals surface area contributed by atoms with Crippen LogP contribution >= 0.6 is 0 Å². The van der Waals surface area contributed by atoms with Crippen LogP contribution in [0.4, 0.5) is 0 Å². The van der Waals surface area contributed by atoms with E-state index in [0.29, 0.717) is 18.0 Å². The smallest absolute Gasteiger partial charge is 0.323 e. The van der Waals surface area contributed by atoms with E-state index < -0.39 is 0 Å². The normalized spacial score (nSPS) is 24.6. The fourth-order valence-corrected chi connectivity index (χ4v) is 3.19. The number of nitrogens with one attached hydrogen (secondary N) is 2. The van der Waals surface area contributed by atoms with E-state index in [1.54, 1.807) is 0 Å². The molecule has 5 nitrogen and oxygen atoms in total. The van der Waals surface area contributed by atoms with Crippen LogP contribution in [0.5, 0.6) is 0 Å². The van der Waals surface area contributed by atoms with E-state index in [1.807, 2.05) is 6.07 Å². The summed E-state index contributed by atoms with van der Waals surface area (Å²) in [6.45, 7) is 0. The highest BCUT2D eigenvalue weighted by atomic mass is 16.1. The molecule has 102 valence electrons. The van der Waals surface area contributed by atoms with E-state index in [2.05, 4.69) is 41.1 Å². The van der Waals surface area contributed by atoms with Gasteiger partial charge in [-0.05, 0) is 50.6 Å². The average molecular weight is 260 g/mol. The molecule has 1 atom stereocenters. The van der Waals surface area contributed by atoms with Crippen LogP contribution in [0.15, 0.2) is 23.0 Å². The van der Waals surface area contributed by atoms with Crippen molar-refractivity contribution in [3.05, 3.63) is 34.2 Å². The largest absolute Gasteiger partial charge is 0.328 e. The highest BCUT2D eigenvalue weighted by Crippen LogP contribution is 2.40. The lowest BCUT2D eigenvalue weighted by atomic mass is 9.73. The average Bonchev–Trinajstić information content (AvgIpc) is 2.66. The van der Waals surface area contributed by atoms with Gasteiger partial charge in [0.2, 0.25) is 0 Å². The first-order chi connectivity index (χ1) is 9.04. The molecule has 0 bridgehead atoms. The minimum absolute atomic E-state index is 0.154. The Balaban J connectivity index is 1.97. The number of hydrogen-bond acceptors (Lipinski definition) is 3. The van der Waals surface area contributed by atoms with Gasteiger partial charge in [-0.3, -0.25) is 0 Å². The molecule has 5 heteroatoms. The van der Waals surface area contributed by atoms with Crippen molar-refractivity contribution in [1.82, 2.24) is 14.9 Å². The van der Waals surface area contributed by atoms with Crippen molar-refractivity contribution in [2.45, 2.75) is 24.9 Å². The van der Waals surface area contributed by atoms with Gasteiger partial charge in [0, 0.05) is 12.1 Å². The first kappa shape index (κ1) is 12.4. The first-order valence-corrected chi connectivity index (χ1v) is 6.68. The summed E-state index contributed by atoms with van der Waals surface area (Å²) in [5.41, 5.74) is 8.73. The zero-order valence-corrected chi connectivity index (χ0v) is 11.3. The summed E-state index contributed by atoms with van der Waals surface area (Å²) >= 11 is 0. The second-order valence-corrected chi connectivity index (χ2v) is 5.78. The zero-order chi connectivity index (χ0) is 13.6. The van der Waals surface area contributed by atoms with Crippen molar-refractivity contribution in [1.29, 1.82) is 0 Å². The molecule has 2 aromatic rings. The number of nitrogens with two attached hydrogens (primary N) is 1. The lowest BCUT2D eigenvalue weighted by molar-refractivity contribution is 0.123. The maximum atomic E-state index is 11.3. The molecule has 4 N–H and O–H groups in total. The minimum Gasteiger partial charge on any atom is -0.328 e. The number of hydrogen-bond donors (Lipinski definition) is 3. The summed E-state index contributed by atoms with van der Waals surface area (Å²) < 4.78 is 0. The molecule has 3 rings (SSSR count). The Labute approximate surface area is 111 Å². The zero-order valence-electron chi connectivity index (χ0n) is 11.3. The molecule has 1 aromatic heterocycles. The molecule has 19 heavy (non-hydrogen) atoms. The lowest BCUT2D eigenvalue weighted by Gasteiger charge is -2.41. The topological polar surface area (TPSA) is 77.9 Å². The highest BCUT2D eigenvalue weighted by molar-refractivity contribution is 5.75. The predicted molar refractivity (Wildman–Crippen MR) is 76.0 cm³/mol. The van der Waals surface area contributed by atoms with Crippen LogP contribution in [-0.4, -0.2) is 35.0 Å². The molecule has 0 radical (unpaired) electrons. The number of fused-ring (bicyclic) bond motifs is 1. The number of rotatable bonds is 3. The van der Waals surface area contributed by atoms with Gasteiger partial charge in [-0.25, -0.2) is 4.79 Å². The van der Waals surface area contributed by atoms with Crippen LogP contribution in [0.3, 0.4) is 0 Å². The maximum Gasteiger partial charge on any atom is 0.323 e. The van der Waals surface area contributed by atoms with Crippen LogP contribution < -0.4 is 11.4 Å². The number of imidazole rings is 1. The van der Waals surface area contributed by atoms with E-state index in [4.69, 9.17) is 5.73 Å². The van der Waals surface area contributed by atoms with Crippen molar-refractivity contribution in [3.8, 4) is 0 Å². The van der Waals surface area contributed by atoms with Gasteiger partial charge in [-0.2, -0.15) is 0 Å². The van der Waals surface area contributed by atoms with Gasteiger partial charge in [0.1, 0.15) is 0 Å². The van der Waals surface area contributed by atoms with Gasteiger partial charge < -0.3 is 20.6 Å². The molecule has 1 fully saturated rings. The lowest BCUT2D eigenvalue weighted by Crippen LogP contribution is -2.43. The van der Waals surface area contributed by atoms with Gasteiger partial charge in [0.15, 0.2) is 0 Å². The van der Waals surface area contributed by atoms with E-state index >= 15 is 0 Å². The standard InChI is InChI=1S/C14H20N4O/c1-18(2)13(9-5-10(15)6-9)8-3-4-11-12(7-8)17-14(19)16-11/h3-4,7,9-10,13H,5-6,15H2,1-2H3,(H2,16,17,19). The highest BCUT2D eigenvalue weighted by Gasteiger charge is 2.35. The Kier molecular flexibility index (Phi) is 2.95. The minimum atomic E-state index is -0.154. The molecule has 0 amide bonds. The van der Waals surface area contributed by atoms with Crippen molar-refractivity contribution in [2.24, 2.45) is 11.7 Å². The fourth-order valence-electron chi connectivity index (χ4n) is 3.19. The molecule has 1 aliphatic carbocycles. The van der Waals surface area contributed by atoms with E-state index in [9.17, 15) is 4.79 Å². The molecule has 0 aliphatic heterocycles. The Morgan fingerprint density at radius 1 is 1.26 bits per heavy atom. The summed E-state index contributed by atoms with van der Waals surface area (Å²) in [7, 11) is 4.19. The summed E-state index contributed by atoms with van der Waals surface area (Å²) in [4.78, 5) is 19.1. The molecule has 1 heterocycles. The predicted octanol–water partition coefficient (Wildman–Crippen LogP) is 1.20. The third-order valence-electron chi connectivity index (χ3n) is 4.10. The number of nitrogens with zero attached hydrogens (tertiary/aromatic N) is 1. The number of aromatic nitrogens is 2. The first-order valence-electron chi connectivity index (χ1n) is 6.68. The maximum absolute atomic E-state index is 11.3. The second kappa shape index (κ2) is 4.51. The summed E-state index contributed by atoms with van der Waals surface area (Å²) in [5, 5.41) is 0. The Hall–Kier alpha value is -1.59. The van der Waals surface area contributed by atoms with Crippen LogP contribution in [-0.2, 0) is 0 Å². The number of benzene rings is 1. The SMILES string of the molecule is CN(C)C(c1ccc2[nH]c(=O)[nH]c2c1)C1CC(N)C1. The van der Waals surface area contributed by atoms with Gasteiger partial charge in [-0.15, -0.1) is 0 Å². The van der Waals surface area contributed by atoms with Crippen molar-refractivity contribution in [3.63, 3.8) is 0 Å². The van der Waals surface area contributed by atoms with Gasteiger partial charge >= 0.3 is 5.69 Å². The molecule has 1 aromatic carbocycles.